The Kier molecular flexibility index (Phi) is 2.60. The molecule has 1 aromatic carbocycles. The summed E-state index contributed by atoms with van der Waals surface area (Å²) in [6.07, 6.45) is 0. The first-order valence-corrected chi connectivity index (χ1v) is 5.74. The lowest BCUT2D eigenvalue weighted by Crippen LogP contribution is -1.86. The van der Waals surface area contributed by atoms with Crippen molar-refractivity contribution in [2.45, 2.75) is 6.61 Å². The van der Waals surface area contributed by atoms with E-state index in [4.69, 9.17) is 11.6 Å². The molecule has 1 N–H and O–H groups in total. The summed E-state index contributed by atoms with van der Waals surface area (Å²) in [4.78, 5) is 0. The number of fused-ring (bicyclic) bond motifs is 1. The lowest BCUT2D eigenvalue weighted by molar-refractivity contribution is 0.283. The fourth-order valence-corrected chi connectivity index (χ4v) is 2.99. The Morgan fingerprint density at radius 3 is 3.00 bits per heavy atom. The minimum absolute atomic E-state index is 0.0121. The van der Waals surface area contributed by atoms with Gasteiger partial charge in [-0.2, -0.15) is 0 Å². The van der Waals surface area contributed by atoms with Crippen molar-refractivity contribution in [3.63, 3.8) is 0 Å². The Bertz CT molecular complexity index is 452. The predicted octanol–water partition coefficient (Wildman–Crippen LogP) is 3.81. The van der Waals surface area contributed by atoms with E-state index in [-0.39, 0.29) is 6.61 Å². The molecule has 0 aliphatic carbocycles. The largest absolute Gasteiger partial charge is 0.392 e. The van der Waals surface area contributed by atoms with Crippen LogP contribution in [0.3, 0.4) is 0 Å². The van der Waals surface area contributed by atoms with Gasteiger partial charge in [-0.3, -0.25) is 0 Å². The zero-order valence-corrected chi connectivity index (χ0v) is 9.71. The quantitative estimate of drug-likeness (QED) is 0.840. The molecule has 0 aliphatic heterocycles. The Morgan fingerprint density at radius 1 is 1.54 bits per heavy atom. The normalized spacial score (nSPS) is 11.0. The Hall–Kier alpha value is -0.0900. The van der Waals surface area contributed by atoms with Crippen LogP contribution in [0.25, 0.3) is 10.1 Å². The Balaban J connectivity index is 2.87. The molecule has 0 fully saturated rings. The molecule has 2 aromatic rings. The van der Waals surface area contributed by atoms with Gasteiger partial charge < -0.3 is 5.11 Å². The van der Waals surface area contributed by atoms with Gasteiger partial charge in [0.05, 0.1) is 11.6 Å². The summed E-state index contributed by atoms with van der Waals surface area (Å²) in [6.45, 7) is 0.0121. The summed E-state index contributed by atoms with van der Waals surface area (Å²) in [6, 6.07) is 3.90. The van der Waals surface area contributed by atoms with Crippen molar-refractivity contribution in [2.24, 2.45) is 0 Å². The third kappa shape index (κ3) is 1.50. The van der Waals surface area contributed by atoms with Crippen LogP contribution in [0.5, 0.6) is 0 Å². The first-order valence-electron chi connectivity index (χ1n) is 3.69. The highest BCUT2D eigenvalue weighted by atomic mass is 79.9. The molecule has 0 atom stereocenters. The third-order valence-corrected chi connectivity index (χ3v) is 4.31. The highest BCUT2D eigenvalue weighted by Gasteiger charge is 2.09. The van der Waals surface area contributed by atoms with E-state index in [0.29, 0.717) is 5.02 Å². The summed E-state index contributed by atoms with van der Waals surface area (Å²) in [5.41, 5.74) is 0.873. The van der Waals surface area contributed by atoms with E-state index in [1.165, 1.54) is 0 Å². The van der Waals surface area contributed by atoms with E-state index in [1.807, 2.05) is 17.5 Å². The zero-order valence-electron chi connectivity index (χ0n) is 6.55. The van der Waals surface area contributed by atoms with Gasteiger partial charge in [-0.1, -0.05) is 11.6 Å². The van der Waals surface area contributed by atoms with Gasteiger partial charge in [0, 0.05) is 14.7 Å². The van der Waals surface area contributed by atoms with Crippen molar-refractivity contribution in [1.29, 1.82) is 0 Å². The number of hydrogen-bond donors (Lipinski definition) is 1. The topological polar surface area (TPSA) is 20.2 Å². The minimum atomic E-state index is 0.0121. The first-order chi connectivity index (χ1) is 6.24. The van der Waals surface area contributed by atoms with Gasteiger partial charge in [-0.25, -0.2) is 0 Å². The van der Waals surface area contributed by atoms with Crippen LogP contribution in [0.15, 0.2) is 22.0 Å². The van der Waals surface area contributed by atoms with Crippen LogP contribution in [0, 0.1) is 0 Å². The average molecular weight is 278 g/mol. The smallest absolute Gasteiger partial charge is 0.0707 e. The molecule has 1 heterocycles. The Labute approximate surface area is 93.1 Å². The molecule has 0 aliphatic rings. The maximum atomic E-state index is 9.18. The minimum Gasteiger partial charge on any atom is -0.392 e. The number of aliphatic hydroxyl groups excluding tert-OH is 1. The van der Waals surface area contributed by atoms with Crippen molar-refractivity contribution < 1.29 is 5.11 Å². The van der Waals surface area contributed by atoms with E-state index in [0.717, 1.165) is 20.1 Å². The zero-order chi connectivity index (χ0) is 9.42. The average Bonchev–Trinajstić information content (AvgIpc) is 2.54. The van der Waals surface area contributed by atoms with Crippen molar-refractivity contribution in [3.8, 4) is 0 Å². The lowest BCUT2D eigenvalue weighted by Gasteiger charge is -2.04. The molecular weight excluding hydrogens is 272 g/mol. The second-order valence-electron chi connectivity index (χ2n) is 2.65. The third-order valence-electron chi connectivity index (χ3n) is 1.88. The van der Waals surface area contributed by atoms with Gasteiger partial charge in [0.15, 0.2) is 0 Å². The molecular formula is C9H6BrClOS. The molecule has 0 saturated heterocycles. The number of rotatable bonds is 1. The van der Waals surface area contributed by atoms with Crippen LogP contribution < -0.4 is 0 Å². The van der Waals surface area contributed by atoms with Crippen LogP contribution in [0.1, 0.15) is 5.56 Å². The second kappa shape index (κ2) is 3.58. The number of thiophene rings is 1. The Morgan fingerprint density at radius 2 is 2.31 bits per heavy atom. The molecule has 0 unspecified atom stereocenters. The van der Waals surface area contributed by atoms with E-state index in [2.05, 4.69) is 15.9 Å². The SMILES string of the molecule is OCc1c(Br)c(Cl)cc2ccsc12. The maximum absolute atomic E-state index is 9.18. The molecule has 0 saturated carbocycles. The molecule has 0 radical (unpaired) electrons. The fourth-order valence-electron chi connectivity index (χ4n) is 1.26. The van der Waals surface area contributed by atoms with Crippen LogP contribution >= 0.6 is 38.9 Å². The van der Waals surface area contributed by atoms with Gasteiger partial charge in [-0.05, 0) is 38.8 Å². The highest BCUT2D eigenvalue weighted by molar-refractivity contribution is 9.10. The number of aliphatic hydroxyl groups is 1. The molecule has 0 amide bonds. The molecule has 1 aromatic heterocycles. The molecule has 4 heteroatoms. The van der Waals surface area contributed by atoms with Crippen LogP contribution in [0.2, 0.25) is 5.02 Å². The van der Waals surface area contributed by atoms with Gasteiger partial charge in [-0.15, -0.1) is 11.3 Å². The molecule has 1 nitrogen and oxygen atoms in total. The van der Waals surface area contributed by atoms with E-state index < -0.39 is 0 Å². The fraction of sp³-hybridized carbons (Fsp3) is 0.111. The molecule has 0 bridgehead atoms. The van der Waals surface area contributed by atoms with Crippen molar-refractivity contribution >= 4 is 49.0 Å². The van der Waals surface area contributed by atoms with Gasteiger partial charge >= 0.3 is 0 Å². The second-order valence-corrected chi connectivity index (χ2v) is 4.76. The molecule has 2 rings (SSSR count). The van der Waals surface area contributed by atoms with Crippen molar-refractivity contribution in [3.05, 3.63) is 32.6 Å². The molecule has 13 heavy (non-hydrogen) atoms. The molecule has 0 spiro atoms. The van der Waals surface area contributed by atoms with Crippen LogP contribution in [0.4, 0.5) is 0 Å². The van der Waals surface area contributed by atoms with E-state index in [1.54, 1.807) is 11.3 Å². The summed E-state index contributed by atoms with van der Waals surface area (Å²) in [5, 5.41) is 12.9. The van der Waals surface area contributed by atoms with Crippen LogP contribution in [-0.4, -0.2) is 5.11 Å². The van der Waals surface area contributed by atoms with Gasteiger partial charge in [0.2, 0.25) is 0 Å². The molecule has 68 valence electrons. The van der Waals surface area contributed by atoms with Gasteiger partial charge in [0.1, 0.15) is 0 Å². The van der Waals surface area contributed by atoms with Crippen LogP contribution in [-0.2, 0) is 6.61 Å². The maximum Gasteiger partial charge on any atom is 0.0707 e. The van der Waals surface area contributed by atoms with Crippen molar-refractivity contribution in [1.82, 2.24) is 0 Å². The summed E-state index contributed by atoms with van der Waals surface area (Å²) < 4.78 is 1.89. The lowest BCUT2D eigenvalue weighted by atomic mass is 10.2. The predicted molar refractivity (Wildman–Crippen MR) is 60.5 cm³/mol. The monoisotopic (exact) mass is 276 g/mol. The van der Waals surface area contributed by atoms with E-state index in [9.17, 15) is 5.11 Å². The number of halogens is 2. The standard InChI is InChI=1S/C9H6BrClOS/c10-8-6(4-12)9-5(1-2-13-9)3-7(8)11/h1-3,12H,4H2. The van der Waals surface area contributed by atoms with E-state index >= 15 is 0 Å². The number of benzene rings is 1. The van der Waals surface area contributed by atoms with Gasteiger partial charge in [0.25, 0.3) is 0 Å². The summed E-state index contributed by atoms with van der Waals surface area (Å²) in [7, 11) is 0. The first kappa shape index (κ1) is 9.46. The highest BCUT2D eigenvalue weighted by Crippen LogP contribution is 2.36. The number of hydrogen-bond acceptors (Lipinski definition) is 2. The summed E-state index contributed by atoms with van der Waals surface area (Å²) in [5.74, 6) is 0. The van der Waals surface area contributed by atoms with Crippen molar-refractivity contribution in [2.75, 3.05) is 0 Å². The summed E-state index contributed by atoms with van der Waals surface area (Å²) >= 11 is 10.9.